The first-order chi connectivity index (χ1) is 8.63. The normalized spacial score (nSPS) is 9.00. The summed E-state index contributed by atoms with van der Waals surface area (Å²) in [5.74, 6) is 1.36. The summed E-state index contributed by atoms with van der Waals surface area (Å²) in [7, 11) is 0. The van der Waals surface area contributed by atoms with E-state index in [0.717, 1.165) is 17.0 Å². The standard InChI is InChI=1S/C7H6N4O.C4H10.C2H6/c12-4-8-7-2-1-5-6(10-7)3-9-11-5;1-4(2)3;1-2/h1-4H,(H,9,11)(H,8,10,12);4H,1-3H3;1-2H3. The Hall–Kier alpha value is -1.91. The number of fused-ring (bicyclic) bond motifs is 1. The van der Waals surface area contributed by atoms with Gasteiger partial charge in [0.15, 0.2) is 0 Å². The number of H-pyrrole nitrogens is 1. The van der Waals surface area contributed by atoms with Crippen LogP contribution in [-0.2, 0) is 4.79 Å². The summed E-state index contributed by atoms with van der Waals surface area (Å²) in [6, 6.07) is 3.51. The van der Waals surface area contributed by atoms with Crippen molar-refractivity contribution in [2.45, 2.75) is 34.6 Å². The Kier molecular flexibility index (Phi) is 8.18. The number of hydrogen-bond acceptors (Lipinski definition) is 3. The van der Waals surface area contributed by atoms with Crippen molar-refractivity contribution in [3.8, 4) is 0 Å². The fourth-order valence-electron chi connectivity index (χ4n) is 0.972. The number of aromatic nitrogens is 3. The van der Waals surface area contributed by atoms with Gasteiger partial charge in [-0.15, -0.1) is 0 Å². The van der Waals surface area contributed by atoms with Crippen molar-refractivity contribution in [1.82, 2.24) is 15.2 Å². The Bertz CT molecular complexity index is 448. The topological polar surface area (TPSA) is 70.7 Å². The highest BCUT2D eigenvalue weighted by Gasteiger charge is 1.97. The van der Waals surface area contributed by atoms with Crippen LogP contribution in [0.3, 0.4) is 0 Å². The molecule has 0 saturated carbocycles. The van der Waals surface area contributed by atoms with Gasteiger partial charge in [-0.25, -0.2) is 4.98 Å². The van der Waals surface area contributed by atoms with E-state index in [1.807, 2.05) is 13.8 Å². The molecule has 0 saturated heterocycles. The lowest BCUT2D eigenvalue weighted by molar-refractivity contribution is -0.105. The minimum atomic E-state index is 0.527. The van der Waals surface area contributed by atoms with Gasteiger partial charge in [0, 0.05) is 0 Å². The van der Waals surface area contributed by atoms with Crippen molar-refractivity contribution >= 4 is 23.3 Å². The zero-order chi connectivity index (χ0) is 14.0. The average Bonchev–Trinajstić information content (AvgIpc) is 2.78. The van der Waals surface area contributed by atoms with Gasteiger partial charge in [0.05, 0.1) is 11.7 Å². The molecule has 0 radical (unpaired) electrons. The summed E-state index contributed by atoms with van der Waals surface area (Å²) in [6.45, 7) is 10.5. The highest BCUT2D eigenvalue weighted by atomic mass is 16.1. The van der Waals surface area contributed by atoms with Crippen LogP contribution in [-0.4, -0.2) is 21.6 Å². The molecule has 5 nitrogen and oxygen atoms in total. The van der Waals surface area contributed by atoms with Crippen molar-refractivity contribution in [3.63, 3.8) is 0 Å². The second-order valence-corrected chi connectivity index (χ2v) is 3.99. The molecular weight excluding hydrogens is 228 g/mol. The molecule has 2 aromatic heterocycles. The molecule has 2 N–H and O–H groups in total. The van der Waals surface area contributed by atoms with Crippen molar-refractivity contribution in [2.75, 3.05) is 5.32 Å². The van der Waals surface area contributed by atoms with E-state index in [2.05, 4.69) is 41.3 Å². The Morgan fingerprint density at radius 3 is 2.44 bits per heavy atom. The Labute approximate surface area is 108 Å². The second-order valence-electron chi connectivity index (χ2n) is 3.99. The molecule has 5 heteroatoms. The van der Waals surface area contributed by atoms with E-state index in [4.69, 9.17) is 0 Å². The maximum absolute atomic E-state index is 10.1. The van der Waals surface area contributed by atoms with Gasteiger partial charge in [-0.05, 0) is 18.1 Å². The SMILES string of the molecule is CC.CC(C)C.O=CNc1ccc2[nH]ncc2n1. The molecule has 0 aromatic carbocycles. The van der Waals surface area contributed by atoms with Gasteiger partial charge in [-0.2, -0.15) is 5.10 Å². The van der Waals surface area contributed by atoms with Gasteiger partial charge in [0.2, 0.25) is 6.41 Å². The fraction of sp³-hybridized carbons (Fsp3) is 0.462. The third-order valence-corrected chi connectivity index (χ3v) is 1.50. The van der Waals surface area contributed by atoms with Crippen molar-refractivity contribution < 1.29 is 4.79 Å². The van der Waals surface area contributed by atoms with Gasteiger partial charge < -0.3 is 5.32 Å². The van der Waals surface area contributed by atoms with Gasteiger partial charge in [0.1, 0.15) is 11.3 Å². The van der Waals surface area contributed by atoms with Crippen molar-refractivity contribution in [3.05, 3.63) is 18.3 Å². The molecular formula is C13H22N4O. The van der Waals surface area contributed by atoms with Gasteiger partial charge in [-0.1, -0.05) is 34.6 Å². The number of nitrogens with zero attached hydrogens (tertiary/aromatic N) is 2. The molecule has 100 valence electrons. The molecule has 0 unspecified atom stereocenters. The zero-order valence-corrected chi connectivity index (χ0v) is 11.7. The first-order valence-corrected chi connectivity index (χ1v) is 6.13. The summed E-state index contributed by atoms with van der Waals surface area (Å²) in [5, 5.41) is 9.02. The van der Waals surface area contributed by atoms with E-state index in [9.17, 15) is 4.79 Å². The highest BCUT2D eigenvalue weighted by molar-refractivity contribution is 5.78. The number of carbonyl (C=O) groups is 1. The van der Waals surface area contributed by atoms with Crippen LogP contribution in [0.2, 0.25) is 0 Å². The molecule has 0 aliphatic rings. The summed E-state index contributed by atoms with van der Waals surface area (Å²) in [5.41, 5.74) is 1.59. The lowest BCUT2D eigenvalue weighted by Gasteiger charge is -1.95. The lowest BCUT2D eigenvalue weighted by atomic mass is 10.3. The van der Waals surface area contributed by atoms with Crippen LogP contribution < -0.4 is 5.32 Å². The van der Waals surface area contributed by atoms with E-state index in [1.165, 1.54) is 0 Å². The number of amides is 1. The number of aromatic amines is 1. The van der Waals surface area contributed by atoms with Crippen LogP contribution in [0.4, 0.5) is 5.82 Å². The zero-order valence-electron chi connectivity index (χ0n) is 11.7. The molecule has 0 fully saturated rings. The average molecular weight is 250 g/mol. The first-order valence-electron chi connectivity index (χ1n) is 6.13. The smallest absolute Gasteiger partial charge is 0.212 e. The predicted octanol–water partition coefficient (Wildman–Crippen LogP) is 3.21. The Balaban J connectivity index is 0.000000415. The molecule has 0 bridgehead atoms. The number of nitrogens with one attached hydrogen (secondary N) is 2. The molecule has 2 aromatic rings. The number of rotatable bonds is 2. The maximum Gasteiger partial charge on any atom is 0.212 e. The van der Waals surface area contributed by atoms with Crippen molar-refractivity contribution in [1.29, 1.82) is 0 Å². The molecule has 0 spiro atoms. The number of hydrogen-bond donors (Lipinski definition) is 2. The number of pyridine rings is 1. The third kappa shape index (κ3) is 5.98. The molecule has 2 rings (SSSR count). The van der Waals surface area contributed by atoms with Crippen LogP contribution >= 0.6 is 0 Å². The molecule has 2 heterocycles. The van der Waals surface area contributed by atoms with Crippen molar-refractivity contribution in [2.24, 2.45) is 5.92 Å². The van der Waals surface area contributed by atoms with E-state index >= 15 is 0 Å². The molecule has 1 amide bonds. The number of carbonyl (C=O) groups excluding carboxylic acids is 1. The molecule has 18 heavy (non-hydrogen) atoms. The summed E-state index contributed by atoms with van der Waals surface area (Å²) < 4.78 is 0. The largest absolute Gasteiger partial charge is 0.313 e. The minimum absolute atomic E-state index is 0.527. The van der Waals surface area contributed by atoms with E-state index in [0.29, 0.717) is 12.2 Å². The maximum atomic E-state index is 10.1. The third-order valence-electron chi connectivity index (χ3n) is 1.50. The van der Waals surface area contributed by atoms with E-state index < -0.39 is 0 Å². The molecule has 0 aliphatic carbocycles. The van der Waals surface area contributed by atoms with E-state index in [-0.39, 0.29) is 0 Å². The summed E-state index contributed by atoms with van der Waals surface area (Å²) in [6.07, 6.45) is 2.19. The Morgan fingerprint density at radius 1 is 1.28 bits per heavy atom. The minimum Gasteiger partial charge on any atom is -0.313 e. The number of anilines is 1. The van der Waals surface area contributed by atoms with Gasteiger partial charge >= 0.3 is 0 Å². The predicted molar refractivity (Wildman–Crippen MR) is 75.4 cm³/mol. The monoisotopic (exact) mass is 250 g/mol. The van der Waals surface area contributed by atoms with Crippen LogP contribution in [0.1, 0.15) is 34.6 Å². The van der Waals surface area contributed by atoms with Crippen LogP contribution in [0, 0.1) is 5.92 Å². The van der Waals surface area contributed by atoms with Crippen LogP contribution in [0.5, 0.6) is 0 Å². The quantitative estimate of drug-likeness (QED) is 0.804. The summed E-state index contributed by atoms with van der Waals surface area (Å²) >= 11 is 0. The van der Waals surface area contributed by atoms with Crippen LogP contribution in [0.15, 0.2) is 18.3 Å². The summed E-state index contributed by atoms with van der Waals surface area (Å²) in [4.78, 5) is 14.2. The molecule has 0 aliphatic heterocycles. The van der Waals surface area contributed by atoms with E-state index in [1.54, 1.807) is 18.3 Å². The molecule has 0 atom stereocenters. The first kappa shape index (κ1) is 16.1. The fourth-order valence-corrected chi connectivity index (χ4v) is 0.972. The van der Waals surface area contributed by atoms with Crippen LogP contribution in [0.25, 0.3) is 11.0 Å². The van der Waals surface area contributed by atoms with Gasteiger partial charge in [0.25, 0.3) is 0 Å². The second kappa shape index (κ2) is 9.15. The highest BCUT2D eigenvalue weighted by Crippen LogP contribution is 2.10. The Morgan fingerprint density at radius 2 is 1.89 bits per heavy atom. The lowest BCUT2D eigenvalue weighted by Crippen LogP contribution is -1.95. The van der Waals surface area contributed by atoms with Gasteiger partial charge in [-0.3, -0.25) is 9.89 Å².